The number of carbonyl (C=O) groups excluding carboxylic acids is 2. The Kier molecular flexibility index (Phi) is 5.35. The molecule has 0 atom stereocenters. The number of Topliss-reactive ketones (excluding diaryl/α,β-unsaturated/α-hetero) is 2. The summed E-state index contributed by atoms with van der Waals surface area (Å²) in [5.41, 5.74) is 0.564. The minimum Gasteiger partial charge on any atom is -0.384 e. The van der Waals surface area contributed by atoms with Gasteiger partial charge >= 0.3 is 0 Å². The van der Waals surface area contributed by atoms with Gasteiger partial charge in [0.25, 0.3) is 0 Å². The molecule has 0 aliphatic rings. The van der Waals surface area contributed by atoms with Crippen LogP contribution in [0.2, 0.25) is 0 Å². The van der Waals surface area contributed by atoms with Crippen LogP contribution in [0.4, 0.5) is 0 Å². The van der Waals surface area contributed by atoms with Crippen LogP contribution in [0.15, 0.2) is 28.7 Å². The number of ketones is 2. The van der Waals surface area contributed by atoms with Crippen molar-refractivity contribution in [1.82, 2.24) is 0 Å². The monoisotopic (exact) mass is 284 g/mol. The van der Waals surface area contributed by atoms with E-state index in [1.807, 2.05) is 0 Å². The second kappa shape index (κ2) is 6.55. The molecule has 0 saturated carbocycles. The normalized spacial score (nSPS) is 10.1. The molecule has 0 bridgehead atoms. The molecule has 0 amide bonds. The van der Waals surface area contributed by atoms with Gasteiger partial charge in [-0.05, 0) is 12.1 Å². The lowest BCUT2D eigenvalue weighted by molar-refractivity contribution is -0.119. The Bertz CT molecular complexity index is 370. The summed E-state index contributed by atoms with van der Waals surface area (Å²) in [5, 5.41) is 0. The standard InChI is InChI=1S/C12H13BrO3/c1-16-7-6-11(14)8-12(15)9-2-4-10(13)5-3-9/h2-5H,6-8H2,1H3. The molecule has 0 N–H and O–H groups in total. The van der Waals surface area contributed by atoms with E-state index < -0.39 is 0 Å². The van der Waals surface area contributed by atoms with E-state index in [4.69, 9.17) is 4.74 Å². The Balaban J connectivity index is 2.52. The summed E-state index contributed by atoms with van der Waals surface area (Å²) >= 11 is 3.28. The fourth-order valence-electron chi connectivity index (χ4n) is 1.22. The van der Waals surface area contributed by atoms with Crippen molar-refractivity contribution in [3.05, 3.63) is 34.3 Å². The maximum atomic E-state index is 11.7. The summed E-state index contributed by atoms with van der Waals surface area (Å²) in [6.45, 7) is 0.368. The fourth-order valence-corrected chi connectivity index (χ4v) is 1.49. The Morgan fingerprint density at radius 1 is 1.25 bits per heavy atom. The van der Waals surface area contributed by atoms with Crippen molar-refractivity contribution >= 4 is 27.5 Å². The van der Waals surface area contributed by atoms with Crippen LogP contribution in [0, 0.1) is 0 Å². The highest BCUT2D eigenvalue weighted by molar-refractivity contribution is 9.10. The molecule has 0 unspecified atom stereocenters. The largest absolute Gasteiger partial charge is 0.384 e. The zero-order valence-electron chi connectivity index (χ0n) is 9.03. The van der Waals surface area contributed by atoms with Crippen molar-refractivity contribution in [3.8, 4) is 0 Å². The molecule has 1 aromatic rings. The molecule has 0 aromatic heterocycles. The van der Waals surface area contributed by atoms with Crippen LogP contribution in [-0.2, 0) is 9.53 Å². The van der Waals surface area contributed by atoms with Crippen LogP contribution in [0.3, 0.4) is 0 Å². The van der Waals surface area contributed by atoms with E-state index in [2.05, 4.69) is 15.9 Å². The molecule has 0 spiro atoms. The fraction of sp³-hybridized carbons (Fsp3) is 0.333. The van der Waals surface area contributed by atoms with Gasteiger partial charge in [-0.1, -0.05) is 28.1 Å². The molecule has 3 nitrogen and oxygen atoms in total. The summed E-state index contributed by atoms with van der Waals surface area (Å²) in [7, 11) is 1.53. The SMILES string of the molecule is COCCC(=O)CC(=O)c1ccc(Br)cc1. The highest BCUT2D eigenvalue weighted by Gasteiger charge is 2.11. The third kappa shape index (κ3) is 4.24. The Morgan fingerprint density at radius 3 is 2.44 bits per heavy atom. The first-order chi connectivity index (χ1) is 7.63. The lowest BCUT2D eigenvalue weighted by Crippen LogP contribution is -2.10. The maximum absolute atomic E-state index is 11.7. The number of carbonyl (C=O) groups is 2. The van der Waals surface area contributed by atoms with Gasteiger partial charge in [-0.15, -0.1) is 0 Å². The molecule has 0 aliphatic heterocycles. The predicted octanol–water partition coefficient (Wildman–Crippen LogP) is 2.63. The second-order valence-electron chi connectivity index (χ2n) is 3.39. The van der Waals surface area contributed by atoms with Crippen LogP contribution in [0.5, 0.6) is 0 Å². The molecule has 0 heterocycles. The molecule has 1 aromatic carbocycles. The topological polar surface area (TPSA) is 43.4 Å². The number of benzene rings is 1. The Hall–Kier alpha value is -1.000. The number of hydrogen-bond acceptors (Lipinski definition) is 3. The third-order valence-corrected chi connectivity index (χ3v) is 2.64. The quantitative estimate of drug-likeness (QED) is 0.596. The Labute approximate surface area is 103 Å². The summed E-state index contributed by atoms with van der Waals surface area (Å²) in [4.78, 5) is 23.0. The van der Waals surface area contributed by atoms with Crippen LogP contribution in [0.25, 0.3) is 0 Å². The van der Waals surface area contributed by atoms with Gasteiger partial charge in [0.2, 0.25) is 0 Å². The minimum atomic E-state index is -0.145. The van der Waals surface area contributed by atoms with E-state index in [0.717, 1.165) is 4.47 Å². The lowest BCUT2D eigenvalue weighted by atomic mass is 10.1. The second-order valence-corrected chi connectivity index (χ2v) is 4.30. The van der Waals surface area contributed by atoms with Gasteiger partial charge in [-0.2, -0.15) is 0 Å². The molecule has 0 saturated heterocycles. The zero-order chi connectivity index (χ0) is 12.0. The number of hydrogen-bond donors (Lipinski definition) is 0. The van der Waals surface area contributed by atoms with Crippen molar-refractivity contribution in [1.29, 1.82) is 0 Å². The van der Waals surface area contributed by atoms with Crippen molar-refractivity contribution in [2.24, 2.45) is 0 Å². The lowest BCUT2D eigenvalue weighted by Gasteiger charge is -2.01. The smallest absolute Gasteiger partial charge is 0.170 e. The summed E-state index contributed by atoms with van der Waals surface area (Å²) in [6, 6.07) is 6.98. The van der Waals surface area contributed by atoms with E-state index in [9.17, 15) is 9.59 Å². The molecule has 0 aliphatic carbocycles. The third-order valence-electron chi connectivity index (χ3n) is 2.11. The van der Waals surface area contributed by atoms with Crippen molar-refractivity contribution in [3.63, 3.8) is 0 Å². The predicted molar refractivity (Wildman–Crippen MR) is 64.6 cm³/mol. The van der Waals surface area contributed by atoms with E-state index in [1.165, 1.54) is 7.11 Å². The maximum Gasteiger partial charge on any atom is 0.170 e. The van der Waals surface area contributed by atoms with Gasteiger partial charge in [0.15, 0.2) is 5.78 Å². The van der Waals surface area contributed by atoms with E-state index in [0.29, 0.717) is 18.6 Å². The molecular weight excluding hydrogens is 272 g/mol. The van der Waals surface area contributed by atoms with Gasteiger partial charge < -0.3 is 4.74 Å². The van der Waals surface area contributed by atoms with Gasteiger partial charge in [0.05, 0.1) is 13.0 Å². The molecule has 16 heavy (non-hydrogen) atoms. The minimum absolute atomic E-state index is 0.0506. The van der Waals surface area contributed by atoms with Crippen LogP contribution >= 0.6 is 15.9 Å². The highest BCUT2D eigenvalue weighted by Crippen LogP contribution is 2.12. The summed E-state index contributed by atoms with van der Waals surface area (Å²) < 4.78 is 5.69. The van der Waals surface area contributed by atoms with Gasteiger partial charge in [-0.25, -0.2) is 0 Å². The van der Waals surface area contributed by atoms with E-state index >= 15 is 0 Å². The van der Waals surface area contributed by atoms with Crippen molar-refractivity contribution < 1.29 is 14.3 Å². The highest BCUT2D eigenvalue weighted by atomic mass is 79.9. The first-order valence-electron chi connectivity index (χ1n) is 4.93. The zero-order valence-corrected chi connectivity index (χ0v) is 10.6. The number of methoxy groups -OCH3 is 1. The van der Waals surface area contributed by atoms with E-state index in [-0.39, 0.29) is 18.0 Å². The van der Waals surface area contributed by atoms with Crippen molar-refractivity contribution in [2.45, 2.75) is 12.8 Å². The van der Waals surface area contributed by atoms with E-state index in [1.54, 1.807) is 24.3 Å². The van der Waals surface area contributed by atoms with Crippen molar-refractivity contribution in [2.75, 3.05) is 13.7 Å². The number of halogens is 1. The molecule has 4 heteroatoms. The first-order valence-corrected chi connectivity index (χ1v) is 5.72. The van der Waals surface area contributed by atoms with Gasteiger partial charge in [-0.3, -0.25) is 9.59 Å². The average molecular weight is 285 g/mol. The van der Waals surface area contributed by atoms with Gasteiger partial charge in [0.1, 0.15) is 5.78 Å². The molecule has 0 fully saturated rings. The first kappa shape index (κ1) is 13.1. The van der Waals surface area contributed by atoms with Crippen LogP contribution in [0.1, 0.15) is 23.2 Å². The summed E-state index contributed by atoms with van der Waals surface area (Å²) in [6.07, 6.45) is 0.240. The Morgan fingerprint density at radius 2 is 1.88 bits per heavy atom. The summed E-state index contributed by atoms with van der Waals surface area (Å²) in [5.74, 6) is -0.233. The number of rotatable bonds is 6. The number of ether oxygens (including phenoxy) is 1. The average Bonchev–Trinajstić information content (AvgIpc) is 2.27. The molecule has 0 radical (unpaired) electrons. The molecule has 1 rings (SSSR count). The molecular formula is C12H13BrO3. The van der Waals surface area contributed by atoms with Gasteiger partial charge in [0, 0.05) is 23.6 Å². The van der Waals surface area contributed by atoms with Crippen LogP contribution < -0.4 is 0 Å². The van der Waals surface area contributed by atoms with Crippen LogP contribution in [-0.4, -0.2) is 25.3 Å². The molecule has 86 valence electrons.